The fraction of sp³-hybridized carbons (Fsp3) is 0.375. The fourth-order valence-electron chi connectivity index (χ4n) is 3.66. The van der Waals surface area contributed by atoms with E-state index in [1.54, 1.807) is 6.07 Å². The number of fused-ring (bicyclic) bond motifs is 1. The first-order valence-electron chi connectivity index (χ1n) is 9.92. The summed E-state index contributed by atoms with van der Waals surface area (Å²) in [4.78, 5) is 3.28. The summed E-state index contributed by atoms with van der Waals surface area (Å²) in [7, 11) is 0. The number of aryl methyl sites for hydroxylation is 1. The van der Waals surface area contributed by atoms with Crippen molar-refractivity contribution in [3.63, 3.8) is 0 Å². The van der Waals surface area contributed by atoms with Gasteiger partial charge in [-0.3, -0.25) is 0 Å². The molecule has 3 rings (SSSR count). The molecule has 0 fully saturated rings. The van der Waals surface area contributed by atoms with Gasteiger partial charge in [-0.25, -0.2) is 8.78 Å². The van der Waals surface area contributed by atoms with Crippen LogP contribution in [0.5, 0.6) is 5.75 Å². The first kappa shape index (κ1) is 20.9. The van der Waals surface area contributed by atoms with Crippen molar-refractivity contribution < 1.29 is 13.5 Å². The summed E-state index contributed by atoms with van der Waals surface area (Å²) in [5.41, 5.74) is 2.01. The first-order valence-corrected chi connectivity index (χ1v) is 9.92. The van der Waals surface area contributed by atoms with Crippen molar-refractivity contribution >= 4 is 10.9 Å². The zero-order chi connectivity index (χ0) is 21.0. The Labute approximate surface area is 170 Å². The number of hydrogen-bond acceptors (Lipinski definition) is 2. The quantitative estimate of drug-likeness (QED) is 0.468. The molecule has 0 amide bonds. The third kappa shape index (κ3) is 5.14. The highest BCUT2D eigenvalue weighted by atomic mass is 19.3. The first-order chi connectivity index (χ1) is 13.8. The number of para-hydroxylation sites is 1. The zero-order valence-electron chi connectivity index (χ0n) is 17.0. The van der Waals surface area contributed by atoms with Crippen LogP contribution in [-0.4, -0.2) is 11.1 Å². The molecule has 29 heavy (non-hydrogen) atoms. The van der Waals surface area contributed by atoms with Crippen LogP contribution >= 0.6 is 0 Å². The maximum absolute atomic E-state index is 13.9. The van der Waals surface area contributed by atoms with E-state index in [0.717, 1.165) is 31.7 Å². The summed E-state index contributed by atoms with van der Waals surface area (Å²) in [5, 5.41) is 10.3. The molecule has 0 saturated carbocycles. The molecule has 1 N–H and O–H groups in total. The van der Waals surface area contributed by atoms with Crippen molar-refractivity contribution in [2.45, 2.75) is 52.1 Å². The van der Waals surface area contributed by atoms with E-state index in [9.17, 15) is 8.78 Å². The van der Waals surface area contributed by atoms with Gasteiger partial charge in [0, 0.05) is 29.6 Å². The van der Waals surface area contributed by atoms with Gasteiger partial charge in [-0.1, -0.05) is 32.0 Å². The average Bonchev–Trinajstić information content (AvgIpc) is 3.08. The van der Waals surface area contributed by atoms with Gasteiger partial charge in [-0.15, -0.1) is 0 Å². The van der Waals surface area contributed by atoms with Crippen LogP contribution in [0, 0.1) is 17.2 Å². The van der Waals surface area contributed by atoms with Gasteiger partial charge in [0.15, 0.2) is 0 Å². The van der Waals surface area contributed by atoms with Crippen molar-refractivity contribution in [3.05, 3.63) is 65.4 Å². The molecule has 1 heterocycles. The van der Waals surface area contributed by atoms with Crippen LogP contribution in [0.3, 0.4) is 0 Å². The Kier molecular flexibility index (Phi) is 6.22. The molecule has 1 aromatic heterocycles. The lowest BCUT2D eigenvalue weighted by Gasteiger charge is -2.22. The van der Waals surface area contributed by atoms with Gasteiger partial charge in [0.1, 0.15) is 5.75 Å². The Bertz CT molecular complexity index is 1010. The van der Waals surface area contributed by atoms with Crippen LogP contribution in [0.1, 0.15) is 50.3 Å². The van der Waals surface area contributed by atoms with Crippen molar-refractivity contribution in [1.29, 1.82) is 5.26 Å². The Hall–Kier alpha value is -2.87. The van der Waals surface area contributed by atoms with Crippen molar-refractivity contribution in [2.24, 2.45) is 5.92 Å². The molecule has 0 bridgehead atoms. The lowest BCUT2D eigenvalue weighted by Crippen LogP contribution is -2.20. The summed E-state index contributed by atoms with van der Waals surface area (Å²) in [6.45, 7) is 5.04. The Morgan fingerprint density at radius 3 is 2.62 bits per heavy atom. The van der Waals surface area contributed by atoms with E-state index in [1.165, 1.54) is 23.1 Å². The topological polar surface area (TPSA) is 48.8 Å². The van der Waals surface area contributed by atoms with Crippen LogP contribution in [0.25, 0.3) is 10.9 Å². The standard InChI is InChI=1S/C24H26F2N2O/c1-16(2)12-19(11-9-18-15-28-23-7-5-4-6-21(18)23)29-20-10-8-17(14-27)22(13-20)24(3,25)26/h4-8,10,13,15-16,19,28H,9,11-12H2,1-3H3. The van der Waals surface area contributed by atoms with Crippen molar-refractivity contribution in [3.8, 4) is 11.8 Å². The molecular weight excluding hydrogens is 370 g/mol. The van der Waals surface area contributed by atoms with Crippen LogP contribution in [-0.2, 0) is 12.3 Å². The largest absolute Gasteiger partial charge is 0.490 e. The number of rotatable bonds is 8. The molecule has 3 nitrogen and oxygen atoms in total. The molecule has 0 saturated heterocycles. The highest BCUT2D eigenvalue weighted by Crippen LogP contribution is 2.33. The maximum Gasteiger partial charge on any atom is 0.271 e. The molecule has 0 aliphatic carbocycles. The molecule has 0 aliphatic heterocycles. The SMILES string of the molecule is CC(C)CC(CCc1c[nH]c2ccccc12)Oc1ccc(C#N)c(C(C)(F)F)c1. The third-order valence-electron chi connectivity index (χ3n) is 5.03. The molecule has 152 valence electrons. The van der Waals surface area contributed by atoms with Crippen LogP contribution in [0.15, 0.2) is 48.7 Å². The lowest BCUT2D eigenvalue weighted by atomic mass is 9.99. The number of H-pyrrole nitrogens is 1. The number of hydrogen-bond donors (Lipinski definition) is 1. The summed E-state index contributed by atoms with van der Waals surface area (Å²) >= 11 is 0. The van der Waals surface area contributed by atoms with E-state index in [-0.39, 0.29) is 17.2 Å². The number of halogens is 2. The average molecular weight is 396 g/mol. The van der Waals surface area contributed by atoms with E-state index in [0.29, 0.717) is 11.7 Å². The number of aromatic amines is 1. The lowest BCUT2D eigenvalue weighted by molar-refractivity contribution is 0.0167. The van der Waals surface area contributed by atoms with Gasteiger partial charge in [0.25, 0.3) is 5.92 Å². The van der Waals surface area contributed by atoms with E-state index >= 15 is 0 Å². The van der Waals surface area contributed by atoms with Crippen LogP contribution < -0.4 is 4.74 Å². The highest BCUT2D eigenvalue weighted by molar-refractivity contribution is 5.83. The van der Waals surface area contributed by atoms with Crippen LogP contribution in [0.2, 0.25) is 0 Å². The predicted molar refractivity (Wildman–Crippen MR) is 111 cm³/mol. The minimum absolute atomic E-state index is 0.0240. The molecule has 0 spiro atoms. The number of nitrogens with zero attached hydrogens (tertiary/aromatic N) is 1. The van der Waals surface area contributed by atoms with E-state index in [2.05, 4.69) is 24.9 Å². The van der Waals surface area contributed by atoms with Crippen LogP contribution in [0.4, 0.5) is 8.78 Å². The second-order valence-corrected chi connectivity index (χ2v) is 7.98. The number of nitrogens with one attached hydrogen (secondary N) is 1. The minimum Gasteiger partial charge on any atom is -0.490 e. The Morgan fingerprint density at radius 2 is 1.93 bits per heavy atom. The number of ether oxygens (including phenoxy) is 1. The van der Waals surface area contributed by atoms with Crippen molar-refractivity contribution in [1.82, 2.24) is 4.98 Å². The summed E-state index contributed by atoms with van der Waals surface area (Å²) in [5.74, 6) is -2.30. The molecule has 3 aromatic rings. The second-order valence-electron chi connectivity index (χ2n) is 7.98. The molecule has 0 radical (unpaired) electrons. The van der Waals surface area contributed by atoms with Gasteiger partial charge < -0.3 is 9.72 Å². The monoisotopic (exact) mass is 396 g/mol. The number of benzene rings is 2. The molecule has 1 atom stereocenters. The number of aromatic nitrogens is 1. The van der Waals surface area contributed by atoms with Gasteiger partial charge in [0.05, 0.1) is 17.7 Å². The van der Waals surface area contributed by atoms with Gasteiger partial charge in [-0.2, -0.15) is 5.26 Å². The normalized spacial score (nSPS) is 12.9. The minimum atomic E-state index is -3.10. The van der Waals surface area contributed by atoms with Gasteiger partial charge in [-0.05, 0) is 55.0 Å². The second kappa shape index (κ2) is 8.65. The van der Waals surface area contributed by atoms with Gasteiger partial charge >= 0.3 is 0 Å². The summed E-state index contributed by atoms with van der Waals surface area (Å²) < 4.78 is 33.9. The van der Waals surface area contributed by atoms with E-state index < -0.39 is 5.92 Å². The molecule has 1 unspecified atom stereocenters. The summed E-state index contributed by atoms with van der Waals surface area (Å²) in [6.07, 6.45) is 4.34. The highest BCUT2D eigenvalue weighted by Gasteiger charge is 2.28. The zero-order valence-corrected chi connectivity index (χ0v) is 17.0. The maximum atomic E-state index is 13.9. The Morgan fingerprint density at radius 1 is 1.17 bits per heavy atom. The molecular formula is C24H26F2N2O. The molecule has 0 aliphatic rings. The van der Waals surface area contributed by atoms with E-state index in [1.807, 2.05) is 30.5 Å². The smallest absolute Gasteiger partial charge is 0.271 e. The van der Waals surface area contributed by atoms with Gasteiger partial charge in [0.2, 0.25) is 0 Å². The predicted octanol–water partition coefficient (Wildman–Crippen LogP) is 6.58. The third-order valence-corrected chi connectivity index (χ3v) is 5.03. The molecule has 5 heteroatoms. The fourth-order valence-corrected chi connectivity index (χ4v) is 3.66. The Balaban J connectivity index is 1.78. The number of alkyl halides is 2. The molecule has 2 aromatic carbocycles. The summed E-state index contributed by atoms with van der Waals surface area (Å²) in [6, 6.07) is 14.3. The van der Waals surface area contributed by atoms with Crippen molar-refractivity contribution in [2.75, 3.05) is 0 Å². The number of nitriles is 1. The van der Waals surface area contributed by atoms with E-state index in [4.69, 9.17) is 10.00 Å².